The molecule has 0 aliphatic rings. The number of Topliss-reactive ketones (excluding diaryl/α,β-unsaturated/α-hetero) is 1. The number of imidazole rings is 2. The second-order valence-corrected chi connectivity index (χ2v) is 9.04. The number of fused-ring (bicyclic) bond motifs is 2. The van der Waals surface area contributed by atoms with E-state index in [0.717, 1.165) is 63.2 Å². The highest BCUT2D eigenvalue weighted by Crippen LogP contribution is 2.30. The monoisotopic (exact) mass is 442 g/mol. The van der Waals surface area contributed by atoms with Gasteiger partial charge in [-0.15, -0.1) is 0 Å². The molecule has 0 fully saturated rings. The van der Waals surface area contributed by atoms with Crippen LogP contribution in [-0.4, -0.2) is 24.9 Å². The van der Waals surface area contributed by atoms with Crippen LogP contribution in [0.1, 0.15) is 41.5 Å². The summed E-state index contributed by atoms with van der Waals surface area (Å²) in [5.74, 6) is 2.17. The van der Waals surface area contributed by atoms with Gasteiger partial charge in [-0.05, 0) is 54.6 Å². The molecule has 0 spiro atoms. The number of carbonyl (C=O) groups is 1. The molecule has 32 heavy (non-hydrogen) atoms. The van der Waals surface area contributed by atoms with Gasteiger partial charge < -0.3 is 9.13 Å². The molecule has 0 aliphatic carbocycles. The average Bonchev–Trinajstić information content (AvgIpc) is 3.51. The fraction of sp³-hybridized carbons (Fsp3) is 0.269. The van der Waals surface area contributed by atoms with Gasteiger partial charge in [-0.2, -0.15) is 11.3 Å². The molecular formula is C26H26N4OS. The maximum absolute atomic E-state index is 12.7. The minimum Gasteiger partial charge on any atom is -0.328 e. The van der Waals surface area contributed by atoms with E-state index in [1.54, 1.807) is 11.3 Å². The first-order valence-electron chi connectivity index (χ1n) is 11.0. The molecule has 6 heteroatoms. The van der Waals surface area contributed by atoms with Crippen molar-refractivity contribution in [1.29, 1.82) is 0 Å². The number of aryl methyl sites for hydroxylation is 4. The van der Waals surface area contributed by atoms with Crippen LogP contribution in [-0.2, 0) is 20.0 Å². The summed E-state index contributed by atoms with van der Waals surface area (Å²) >= 11 is 1.56. The van der Waals surface area contributed by atoms with Gasteiger partial charge in [-0.25, -0.2) is 9.97 Å². The predicted octanol–water partition coefficient (Wildman–Crippen LogP) is 6.19. The van der Waals surface area contributed by atoms with Gasteiger partial charge in [-0.3, -0.25) is 4.79 Å². The Morgan fingerprint density at radius 3 is 2.69 bits per heavy atom. The fourth-order valence-corrected chi connectivity index (χ4v) is 5.08. The Labute approximate surface area is 191 Å². The van der Waals surface area contributed by atoms with Crippen molar-refractivity contribution in [2.24, 2.45) is 7.05 Å². The van der Waals surface area contributed by atoms with Crippen LogP contribution in [0.4, 0.5) is 0 Å². The van der Waals surface area contributed by atoms with Crippen molar-refractivity contribution in [1.82, 2.24) is 19.1 Å². The van der Waals surface area contributed by atoms with Crippen molar-refractivity contribution in [2.75, 3.05) is 0 Å². The lowest BCUT2D eigenvalue weighted by atomic mass is 10.1. The summed E-state index contributed by atoms with van der Waals surface area (Å²) in [7, 11) is 2.06. The number of rotatable bonds is 7. The molecule has 0 N–H and O–H groups in total. The van der Waals surface area contributed by atoms with Crippen LogP contribution in [0.25, 0.3) is 33.5 Å². The average molecular weight is 443 g/mol. The summed E-state index contributed by atoms with van der Waals surface area (Å²) in [6, 6.07) is 14.5. The van der Waals surface area contributed by atoms with Crippen molar-refractivity contribution in [3.8, 4) is 11.4 Å². The summed E-state index contributed by atoms with van der Waals surface area (Å²) in [6.07, 6.45) is 2.37. The summed E-state index contributed by atoms with van der Waals surface area (Å²) in [6.45, 7) is 4.90. The van der Waals surface area contributed by atoms with E-state index in [4.69, 9.17) is 9.97 Å². The Morgan fingerprint density at radius 2 is 1.94 bits per heavy atom. The zero-order valence-electron chi connectivity index (χ0n) is 18.6. The Balaban J connectivity index is 1.60. The molecule has 5 nitrogen and oxygen atoms in total. The number of ketones is 1. The first-order chi connectivity index (χ1) is 15.6. The molecule has 0 atom stereocenters. The van der Waals surface area contributed by atoms with Crippen LogP contribution in [0, 0.1) is 6.92 Å². The molecule has 162 valence electrons. The van der Waals surface area contributed by atoms with Crippen molar-refractivity contribution >= 4 is 39.2 Å². The third-order valence-electron chi connectivity index (χ3n) is 6.05. The Morgan fingerprint density at radius 1 is 1.09 bits per heavy atom. The van der Waals surface area contributed by atoms with E-state index in [1.165, 1.54) is 0 Å². The summed E-state index contributed by atoms with van der Waals surface area (Å²) in [4.78, 5) is 22.5. The lowest BCUT2D eigenvalue weighted by Gasteiger charge is -2.10. The number of carbonyl (C=O) groups excluding carboxylic acids is 1. The van der Waals surface area contributed by atoms with Crippen LogP contribution >= 0.6 is 11.3 Å². The van der Waals surface area contributed by atoms with Gasteiger partial charge in [0.25, 0.3) is 0 Å². The molecule has 0 saturated carbocycles. The third kappa shape index (κ3) is 3.54. The van der Waals surface area contributed by atoms with Gasteiger partial charge in [0, 0.05) is 42.9 Å². The maximum atomic E-state index is 12.7. The topological polar surface area (TPSA) is 52.7 Å². The van der Waals surface area contributed by atoms with Crippen LogP contribution in [0.15, 0.2) is 53.2 Å². The lowest BCUT2D eigenvalue weighted by Crippen LogP contribution is -2.09. The summed E-state index contributed by atoms with van der Waals surface area (Å²) < 4.78 is 4.38. The highest BCUT2D eigenvalue weighted by atomic mass is 32.1. The van der Waals surface area contributed by atoms with E-state index in [-0.39, 0.29) is 5.78 Å². The molecule has 0 amide bonds. The zero-order valence-corrected chi connectivity index (χ0v) is 19.4. The van der Waals surface area contributed by atoms with Crippen LogP contribution < -0.4 is 0 Å². The van der Waals surface area contributed by atoms with Crippen molar-refractivity contribution in [2.45, 2.75) is 39.7 Å². The van der Waals surface area contributed by atoms with Gasteiger partial charge in [0.15, 0.2) is 5.78 Å². The van der Waals surface area contributed by atoms with Gasteiger partial charge in [0.2, 0.25) is 0 Å². The molecule has 0 bridgehead atoms. The van der Waals surface area contributed by atoms with Crippen molar-refractivity contribution in [3.63, 3.8) is 0 Å². The molecule has 5 rings (SSSR count). The van der Waals surface area contributed by atoms with Gasteiger partial charge >= 0.3 is 0 Å². The van der Waals surface area contributed by atoms with Gasteiger partial charge in [0.1, 0.15) is 11.6 Å². The predicted molar refractivity (Wildman–Crippen MR) is 131 cm³/mol. The largest absolute Gasteiger partial charge is 0.328 e. The minimum atomic E-state index is 0.179. The zero-order chi connectivity index (χ0) is 22.2. The van der Waals surface area contributed by atoms with E-state index in [2.05, 4.69) is 48.2 Å². The molecule has 0 aliphatic heterocycles. The highest BCUT2D eigenvalue weighted by Gasteiger charge is 2.17. The van der Waals surface area contributed by atoms with Gasteiger partial charge in [0.05, 0.1) is 22.1 Å². The second kappa shape index (κ2) is 8.36. The first-order valence-corrected chi connectivity index (χ1v) is 12.0. The number of nitrogens with zero attached hydrogens (tertiary/aromatic N) is 4. The Kier molecular flexibility index (Phi) is 5.39. The molecule has 3 heterocycles. The molecule has 0 radical (unpaired) electrons. The van der Waals surface area contributed by atoms with Crippen LogP contribution in [0.5, 0.6) is 0 Å². The highest BCUT2D eigenvalue weighted by molar-refractivity contribution is 7.08. The number of hydrogen-bond donors (Lipinski definition) is 0. The molecule has 0 saturated heterocycles. The Hall–Kier alpha value is -3.25. The molecule has 2 aromatic carbocycles. The molecular weight excluding hydrogens is 416 g/mol. The number of hydrogen-bond acceptors (Lipinski definition) is 4. The van der Waals surface area contributed by atoms with Crippen LogP contribution in [0.2, 0.25) is 0 Å². The van der Waals surface area contributed by atoms with Crippen LogP contribution in [0.3, 0.4) is 0 Å². The minimum absolute atomic E-state index is 0.179. The molecule has 0 unspecified atom stereocenters. The van der Waals surface area contributed by atoms with Gasteiger partial charge in [-0.1, -0.05) is 19.1 Å². The number of para-hydroxylation sites is 2. The number of benzene rings is 2. The molecule has 5 aromatic rings. The van der Waals surface area contributed by atoms with E-state index in [9.17, 15) is 4.79 Å². The van der Waals surface area contributed by atoms with E-state index in [0.29, 0.717) is 13.0 Å². The van der Waals surface area contributed by atoms with E-state index in [1.807, 2.05) is 35.0 Å². The van der Waals surface area contributed by atoms with Crippen molar-refractivity contribution < 1.29 is 4.79 Å². The maximum Gasteiger partial charge on any atom is 0.165 e. The number of thiophene rings is 1. The normalized spacial score (nSPS) is 11.6. The number of aromatic nitrogens is 4. The quantitative estimate of drug-likeness (QED) is 0.283. The smallest absolute Gasteiger partial charge is 0.165 e. The second-order valence-electron chi connectivity index (χ2n) is 8.26. The molecule has 3 aromatic heterocycles. The Bertz CT molecular complexity index is 1430. The third-order valence-corrected chi connectivity index (χ3v) is 6.73. The SMILES string of the molecule is CCCc1nc2c(C)cc(-c3nc4ccccc4n3C)cc2n1CCC(=O)c1ccsc1. The standard InChI is InChI=1S/C26H26N4OS/c1-4-7-24-28-25-17(2)14-19(26-27-20-8-5-6-9-21(20)29(26)3)15-22(25)30(24)12-10-23(31)18-11-13-32-16-18/h5-6,8-9,11,13-16H,4,7,10,12H2,1-3H3. The van der Waals surface area contributed by atoms with E-state index >= 15 is 0 Å². The summed E-state index contributed by atoms with van der Waals surface area (Å²) in [5.41, 5.74) is 7.19. The lowest BCUT2D eigenvalue weighted by molar-refractivity contribution is 0.0977. The van der Waals surface area contributed by atoms with Crippen molar-refractivity contribution in [3.05, 3.63) is 70.2 Å². The first kappa shape index (κ1) is 20.6. The van der Waals surface area contributed by atoms with E-state index < -0.39 is 0 Å². The summed E-state index contributed by atoms with van der Waals surface area (Å²) in [5, 5.41) is 3.88. The fourth-order valence-electron chi connectivity index (χ4n) is 4.42.